The van der Waals surface area contributed by atoms with E-state index in [0.29, 0.717) is 12.2 Å². The molecule has 0 radical (unpaired) electrons. The highest BCUT2D eigenvalue weighted by Gasteiger charge is 2.27. The fourth-order valence-corrected chi connectivity index (χ4v) is 4.01. The van der Waals surface area contributed by atoms with Gasteiger partial charge in [0.1, 0.15) is 10.2 Å². The molecule has 1 aliphatic carbocycles. The highest BCUT2D eigenvalue weighted by Crippen LogP contribution is 2.40. The van der Waals surface area contributed by atoms with Gasteiger partial charge in [-0.3, -0.25) is 0 Å². The second-order valence-electron chi connectivity index (χ2n) is 6.57. The zero-order valence-corrected chi connectivity index (χ0v) is 16.2. The van der Waals surface area contributed by atoms with Crippen LogP contribution in [0.5, 0.6) is 5.88 Å². The average Bonchev–Trinajstić information content (AvgIpc) is 2.93. The van der Waals surface area contributed by atoms with Gasteiger partial charge in [-0.25, -0.2) is 4.68 Å². The molecule has 0 aliphatic heterocycles. The molecule has 6 heteroatoms. The first-order valence-electron chi connectivity index (χ1n) is 8.72. The van der Waals surface area contributed by atoms with Crippen LogP contribution in [0.3, 0.4) is 0 Å². The van der Waals surface area contributed by atoms with E-state index in [0.717, 1.165) is 52.9 Å². The maximum atomic E-state index is 9.31. The van der Waals surface area contributed by atoms with Crippen LogP contribution in [0.2, 0.25) is 0 Å². The van der Waals surface area contributed by atoms with Crippen LogP contribution in [0.4, 0.5) is 0 Å². The Morgan fingerprint density at radius 1 is 1.44 bits per heavy atom. The Hall–Kier alpha value is -1.84. The first-order chi connectivity index (χ1) is 12.0. The van der Waals surface area contributed by atoms with E-state index in [1.165, 1.54) is 0 Å². The van der Waals surface area contributed by atoms with Crippen LogP contribution in [0.25, 0.3) is 11.3 Å². The van der Waals surface area contributed by atoms with E-state index in [4.69, 9.17) is 15.6 Å². The van der Waals surface area contributed by atoms with E-state index in [-0.39, 0.29) is 12.1 Å². The lowest BCUT2D eigenvalue weighted by Crippen LogP contribution is -2.30. The van der Waals surface area contributed by atoms with Crippen molar-refractivity contribution in [3.05, 3.63) is 33.8 Å². The number of aromatic nitrogens is 2. The summed E-state index contributed by atoms with van der Waals surface area (Å²) in [5.74, 6) is 0.746. The minimum atomic E-state index is 0.212. The van der Waals surface area contributed by atoms with Crippen molar-refractivity contribution in [2.24, 2.45) is 5.73 Å². The molecule has 2 unspecified atom stereocenters. The lowest BCUT2D eigenvalue weighted by atomic mass is 9.92. The third kappa shape index (κ3) is 3.58. The van der Waals surface area contributed by atoms with Crippen LogP contribution in [0.1, 0.15) is 49.8 Å². The number of nitrogens with two attached hydrogens (primary N) is 1. The number of aryl methyl sites for hydroxylation is 1. The van der Waals surface area contributed by atoms with Crippen LogP contribution in [-0.4, -0.2) is 22.4 Å². The Morgan fingerprint density at radius 2 is 2.24 bits per heavy atom. The van der Waals surface area contributed by atoms with Crippen molar-refractivity contribution in [2.75, 3.05) is 6.61 Å². The van der Waals surface area contributed by atoms with Gasteiger partial charge >= 0.3 is 0 Å². The number of nitriles is 1. The number of nitrogens with zero attached hydrogens (tertiary/aromatic N) is 3. The molecule has 2 aromatic rings. The van der Waals surface area contributed by atoms with Crippen molar-refractivity contribution in [3.8, 4) is 23.2 Å². The van der Waals surface area contributed by atoms with Gasteiger partial charge in [0, 0.05) is 11.6 Å². The van der Waals surface area contributed by atoms with E-state index in [9.17, 15) is 5.26 Å². The zero-order valence-electron chi connectivity index (χ0n) is 14.6. The third-order valence-corrected chi connectivity index (χ3v) is 5.47. The zero-order chi connectivity index (χ0) is 18.0. The Kier molecular flexibility index (Phi) is 5.45. The summed E-state index contributed by atoms with van der Waals surface area (Å²) in [5.41, 5.74) is 9.51. The Balaban J connectivity index is 2.06. The number of benzene rings is 1. The summed E-state index contributed by atoms with van der Waals surface area (Å²) < 4.78 is 8.70. The number of halogens is 1. The molecule has 2 N–H and O–H groups in total. The van der Waals surface area contributed by atoms with Crippen LogP contribution in [0, 0.1) is 18.3 Å². The molecule has 5 nitrogen and oxygen atoms in total. The van der Waals surface area contributed by atoms with Gasteiger partial charge in [-0.1, -0.05) is 12.1 Å². The largest absolute Gasteiger partial charge is 0.477 e. The molecule has 1 heterocycles. The van der Waals surface area contributed by atoms with Gasteiger partial charge in [-0.15, -0.1) is 0 Å². The van der Waals surface area contributed by atoms with E-state index < -0.39 is 0 Å². The molecule has 0 bridgehead atoms. The molecule has 0 saturated heterocycles. The molecule has 1 saturated carbocycles. The van der Waals surface area contributed by atoms with Gasteiger partial charge in [0.15, 0.2) is 0 Å². The molecule has 1 aromatic carbocycles. The SMILES string of the molecule is CCOc1c(Br)c(-c2ccc(C)c(C#N)c2)nn1C1CCCC(N)C1. The first kappa shape index (κ1) is 18.0. The summed E-state index contributed by atoms with van der Waals surface area (Å²) in [6.07, 6.45) is 4.14. The fourth-order valence-electron chi connectivity index (χ4n) is 3.41. The molecular formula is C19H23BrN4O. The fraction of sp³-hybridized carbons (Fsp3) is 0.474. The maximum absolute atomic E-state index is 9.31. The average molecular weight is 403 g/mol. The van der Waals surface area contributed by atoms with Crippen LogP contribution in [-0.2, 0) is 0 Å². The minimum absolute atomic E-state index is 0.212. The molecule has 3 rings (SSSR count). The Bertz CT molecular complexity index is 808. The van der Waals surface area contributed by atoms with Crippen LogP contribution < -0.4 is 10.5 Å². The molecule has 0 amide bonds. The molecule has 1 aromatic heterocycles. The van der Waals surface area contributed by atoms with Gasteiger partial charge < -0.3 is 10.5 Å². The normalized spacial score (nSPS) is 20.3. The minimum Gasteiger partial charge on any atom is -0.477 e. The van der Waals surface area contributed by atoms with Crippen molar-refractivity contribution in [2.45, 2.75) is 51.6 Å². The van der Waals surface area contributed by atoms with Crippen molar-refractivity contribution in [3.63, 3.8) is 0 Å². The van der Waals surface area contributed by atoms with Gasteiger partial charge in [0.25, 0.3) is 0 Å². The molecule has 132 valence electrons. The lowest BCUT2D eigenvalue weighted by molar-refractivity contribution is 0.244. The molecule has 1 fully saturated rings. The quantitative estimate of drug-likeness (QED) is 0.824. The highest BCUT2D eigenvalue weighted by atomic mass is 79.9. The van der Waals surface area contributed by atoms with Crippen molar-refractivity contribution in [1.82, 2.24) is 9.78 Å². The Labute approximate surface area is 156 Å². The number of ether oxygens (including phenoxy) is 1. The highest BCUT2D eigenvalue weighted by molar-refractivity contribution is 9.10. The second kappa shape index (κ2) is 7.59. The van der Waals surface area contributed by atoms with Crippen LogP contribution in [0.15, 0.2) is 22.7 Å². The number of hydrogen-bond acceptors (Lipinski definition) is 4. The predicted molar refractivity (Wildman–Crippen MR) is 101 cm³/mol. The number of rotatable bonds is 4. The lowest BCUT2D eigenvalue weighted by Gasteiger charge is -2.27. The van der Waals surface area contributed by atoms with Crippen molar-refractivity contribution in [1.29, 1.82) is 5.26 Å². The van der Waals surface area contributed by atoms with E-state index in [1.54, 1.807) is 0 Å². The van der Waals surface area contributed by atoms with Crippen LogP contribution >= 0.6 is 15.9 Å². The monoisotopic (exact) mass is 402 g/mol. The van der Waals surface area contributed by atoms with Gasteiger partial charge in [-0.05, 0) is 67.1 Å². The summed E-state index contributed by atoms with van der Waals surface area (Å²) in [7, 11) is 0. The first-order valence-corrected chi connectivity index (χ1v) is 9.52. The Morgan fingerprint density at radius 3 is 2.92 bits per heavy atom. The standard InChI is InChI=1S/C19H23BrN4O/c1-3-25-19-17(20)18(13-8-7-12(2)14(9-13)11-21)23-24(19)16-6-4-5-15(22)10-16/h7-9,15-16H,3-6,10,22H2,1-2H3. The maximum Gasteiger partial charge on any atom is 0.227 e. The summed E-state index contributed by atoms with van der Waals surface area (Å²) in [5, 5.41) is 14.2. The predicted octanol–water partition coefficient (Wildman–Crippen LogP) is 4.33. The molecule has 25 heavy (non-hydrogen) atoms. The van der Waals surface area contributed by atoms with Crippen molar-refractivity contribution >= 4 is 15.9 Å². The topological polar surface area (TPSA) is 76.9 Å². The van der Waals surface area contributed by atoms with E-state index >= 15 is 0 Å². The van der Waals surface area contributed by atoms with Gasteiger partial charge in [0.05, 0.1) is 24.3 Å². The summed E-state index contributed by atoms with van der Waals surface area (Å²) in [6, 6.07) is 8.54. The third-order valence-electron chi connectivity index (χ3n) is 4.76. The van der Waals surface area contributed by atoms with E-state index in [2.05, 4.69) is 22.0 Å². The number of hydrogen-bond donors (Lipinski definition) is 1. The summed E-state index contributed by atoms with van der Waals surface area (Å²) in [6.45, 7) is 4.47. The molecular weight excluding hydrogens is 380 g/mol. The van der Waals surface area contributed by atoms with Crippen molar-refractivity contribution < 1.29 is 4.74 Å². The molecule has 0 spiro atoms. The van der Waals surface area contributed by atoms with Gasteiger partial charge in [0.2, 0.25) is 5.88 Å². The van der Waals surface area contributed by atoms with E-state index in [1.807, 2.05) is 36.7 Å². The molecule has 2 atom stereocenters. The smallest absolute Gasteiger partial charge is 0.227 e. The second-order valence-corrected chi connectivity index (χ2v) is 7.36. The molecule has 1 aliphatic rings. The van der Waals surface area contributed by atoms with Gasteiger partial charge in [-0.2, -0.15) is 10.4 Å². The summed E-state index contributed by atoms with van der Waals surface area (Å²) in [4.78, 5) is 0. The summed E-state index contributed by atoms with van der Waals surface area (Å²) >= 11 is 3.66.